The van der Waals surface area contributed by atoms with Gasteiger partial charge in [-0.05, 0) is 48.0 Å². The van der Waals surface area contributed by atoms with Crippen molar-refractivity contribution in [1.29, 1.82) is 0 Å². The van der Waals surface area contributed by atoms with Gasteiger partial charge in [0, 0.05) is 21.8 Å². The van der Waals surface area contributed by atoms with Crippen molar-refractivity contribution in [3.05, 3.63) is 64.1 Å². The van der Waals surface area contributed by atoms with Gasteiger partial charge in [0.15, 0.2) is 6.61 Å². The van der Waals surface area contributed by atoms with E-state index in [-0.39, 0.29) is 0 Å². The largest absolute Gasteiger partial charge is 0.497 e. The summed E-state index contributed by atoms with van der Waals surface area (Å²) >= 11 is 11.8. The number of ether oxygens (including phenoxy) is 2. The third-order valence-electron chi connectivity index (χ3n) is 3.08. The van der Waals surface area contributed by atoms with E-state index >= 15 is 0 Å². The van der Waals surface area contributed by atoms with Crippen molar-refractivity contribution in [2.45, 2.75) is 0 Å². The van der Waals surface area contributed by atoms with Crippen LogP contribution in [-0.4, -0.2) is 25.6 Å². The first-order valence-corrected chi connectivity index (χ1v) is 7.97. The Kier molecular flexibility index (Phi) is 6.86. The quantitative estimate of drug-likeness (QED) is 0.603. The molecule has 0 heterocycles. The minimum Gasteiger partial charge on any atom is -0.497 e. The van der Waals surface area contributed by atoms with Crippen LogP contribution in [0.5, 0.6) is 5.75 Å². The Bertz CT molecular complexity index is 788. The third kappa shape index (κ3) is 6.14. The van der Waals surface area contributed by atoms with Crippen LogP contribution in [-0.2, 0) is 14.3 Å². The molecule has 0 atom stereocenters. The van der Waals surface area contributed by atoms with Crippen LogP contribution in [0.2, 0.25) is 10.0 Å². The molecule has 0 spiro atoms. The molecular formula is C18H15Cl2NO4. The van der Waals surface area contributed by atoms with E-state index in [0.717, 1.165) is 0 Å². The number of carbonyl (C=O) groups is 2. The summed E-state index contributed by atoms with van der Waals surface area (Å²) in [7, 11) is 1.55. The molecule has 0 aliphatic carbocycles. The lowest BCUT2D eigenvalue weighted by molar-refractivity contribution is -0.142. The van der Waals surface area contributed by atoms with Crippen LogP contribution in [0, 0.1) is 0 Å². The normalized spacial score (nSPS) is 10.5. The number of nitrogens with one attached hydrogen (secondary N) is 1. The molecule has 25 heavy (non-hydrogen) atoms. The molecule has 1 amide bonds. The van der Waals surface area contributed by atoms with Gasteiger partial charge in [-0.2, -0.15) is 0 Å². The summed E-state index contributed by atoms with van der Waals surface area (Å²) in [6, 6.07) is 11.7. The number of hydrogen-bond acceptors (Lipinski definition) is 4. The molecule has 0 saturated carbocycles. The number of benzene rings is 2. The second-order valence-corrected chi connectivity index (χ2v) is 5.73. The van der Waals surface area contributed by atoms with E-state index in [2.05, 4.69) is 5.32 Å². The maximum absolute atomic E-state index is 11.8. The number of esters is 1. The van der Waals surface area contributed by atoms with E-state index in [4.69, 9.17) is 32.7 Å². The molecule has 1 N–H and O–H groups in total. The first-order valence-electron chi connectivity index (χ1n) is 7.22. The fourth-order valence-corrected chi connectivity index (χ4v) is 2.32. The second kappa shape index (κ2) is 9.11. The summed E-state index contributed by atoms with van der Waals surface area (Å²) in [5.41, 5.74) is 1.19. The summed E-state index contributed by atoms with van der Waals surface area (Å²) in [6.45, 7) is -0.399. The Hall–Kier alpha value is -2.50. The van der Waals surface area contributed by atoms with E-state index < -0.39 is 18.5 Å². The van der Waals surface area contributed by atoms with Crippen LogP contribution in [0.1, 0.15) is 5.56 Å². The van der Waals surface area contributed by atoms with Crippen molar-refractivity contribution < 1.29 is 19.1 Å². The molecule has 0 aromatic heterocycles. The zero-order valence-electron chi connectivity index (χ0n) is 13.3. The van der Waals surface area contributed by atoms with Gasteiger partial charge in [-0.15, -0.1) is 0 Å². The maximum Gasteiger partial charge on any atom is 0.331 e. The zero-order valence-corrected chi connectivity index (χ0v) is 14.8. The average Bonchev–Trinajstić information content (AvgIpc) is 2.60. The molecule has 0 bridgehead atoms. The highest BCUT2D eigenvalue weighted by Gasteiger charge is 2.06. The number of carbonyl (C=O) groups excluding carboxylic acids is 2. The SMILES string of the molecule is COc1ccc(NC(=O)COC(=O)C=Cc2ccc(Cl)cc2Cl)cc1. The number of anilines is 1. The van der Waals surface area contributed by atoms with Crippen molar-refractivity contribution in [3.8, 4) is 5.75 Å². The Morgan fingerprint density at radius 1 is 1.12 bits per heavy atom. The van der Waals surface area contributed by atoms with Gasteiger partial charge in [-0.3, -0.25) is 4.79 Å². The maximum atomic E-state index is 11.8. The molecular weight excluding hydrogens is 365 g/mol. The summed E-state index contributed by atoms with van der Waals surface area (Å²) in [6.07, 6.45) is 2.68. The van der Waals surface area contributed by atoms with Crippen LogP contribution >= 0.6 is 23.2 Å². The molecule has 0 radical (unpaired) electrons. The second-order valence-electron chi connectivity index (χ2n) is 4.88. The lowest BCUT2D eigenvalue weighted by Crippen LogP contribution is -2.20. The van der Waals surface area contributed by atoms with Crippen molar-refractivity contribution >= 4 is 46.8 Å². The first kappa shape index (κ1) is 18.8. The number of rotatable bonds is 6. The monoisotopic (exact) mass is 379 g/mol. The Morgan fingerprint density at radius 2 is 1.84 bits per heavy atom. The predicted molar refractivity (Wildman–Crippen MR) is 98.1 cm³/mol. The van der Waals surface area contributed by atoms with Crippen LogP contribution in [0.4, 0.5) is 5.69 Å². The van der Waals surface area contributed by atoms with Gasteiger partial charge in [0.2, 0.25) is 0 Å². The van der Waals surface area contributed by atoms with Crippen molar-refractivity contribution in [2.75, 3.05) is 19.0 Å². The highest BCUT2D eigenvalue weighted by atomic mass is 35.5. The Labute approximate surface area is 155 Å². The highest BCUT2D eigenvalue weighted by molar-refractivity contribution is 6.35. The van der Waals surface area contributed by atoms with Crippen LogP contribution in [0.25, 0.3) is 6.08 Å². The number of halogens is 2. The van der Waals surface area contributed by atoms with Gasteiger partial charge in [-0.1, -0.05) is 29.3 Å². The van der Waals surface area contributed by atoms with E-state index in [1.54, 1.807) is 49.6 Å². The topological polar surface area (TPSA) is 64.6 Å². The molecule has 5 nitrogen and oxygen atoms in total. The number of methoxy groups -OCH3 is 1. The van der Waals surface area contributed by atoms with Gasteiger partial charge >= 0.3 is 5.97 Å². The molecule has 130 valence electrons. The highest BCUT2D eigenvalue weighted by Crippen LogP contribution is 2.22. The van der Waals surface area contributed by atoms with Crippen LogP contribution < -0.4 is 10.1 Å². The number of hydrogen-bond donors (Lipinski definition) is 1. The van der Waals surface area contributed by atoms with Crippen molar-refractivity contribution in [3.63, 3.8) is 0 Å². The molecule has 0 aliphatic heterocycles. The van der Waals surface area contributed by atoms with Gasteiger partial charge < -0.3 is 14.8 Å². The smallest absolute Gasteiger partial charge is 0.331 e. The van der Waals surface area contributed by atoms with Gasteiger partial charge in [0.1, 0.15) is 5.75 Å². The lowest BCUT2D eigenvalue weighted by atomic mass is 10.2. The van der Waals surface area contributed by atoms with E-state index in [1.807, 2.05) is 0 Å². The van der Waals surface area contributed by atoms with Crippen molar-refractivity contribution in [2.24, 2.45) is 0 Å². The molecule has 2 aromatic rings. The average molecular weight is 380 g/mol. The van der Waals surface area contributed by atoms with E-state index in [9.17, 15) is 9.59 Å². The Balaban J connectivity index is 1.82. The predicted octanol–water partition coefficient (Wildman–Crippen LogP) is 4.20. The number of amides is 1. The lowest BCUT2D eigenvalue weighted by Gasteiger charge is -2.06. The third-order valence-corrected chi connectivity index (χ3v) is 3.64. The Morgan fingerprint density at radius 3 is 2.48 bits per heavy atom. The summed E-state index contributed by atoms with van der Waals surface area (Å²) in [5, 5.41) is 3.52. The van der Waals surface area contributed by atoms with E-state index in [1.165, 1.54) is 12.2 Å². The minimum absolute atomic E-state index is 0.399. The molecule has 0 saturated heterocycles. The zero-order chi connectivity index (χ0) is 18.2. The molecule has 2 rings (SSSR count). The summed E-state index contributed by atoms with van der Waals surface area (Å²) in [5.74, 6) is -0.428. The van der Waals surface area contributed by atoms with Crippen LogP contribution in [0.15, 0.2) is 48.5 Å². The fraction of sp³-hybridized carbons (Fsp3) is 0.111. The molecule has 0 unspecified atom stereocenters. The standard InChI is InChI=1S/C18H15Cl2NO4/c1-24-15-7-5-14(6-8-15)21-17(22)11-25-18(23)9-3-12-2-4-13(19)10-16(12)20/h2-10H,11H2,1H3,(H,21,22). The molecule has 2 aromatic carbocycles. The van der Waals surface area contributed by atoms with Gasteiger partial charge in [0.25, 0.3) is 5.91 Å². The summed E-state index contributed by atoms with van der Waals surface area (Å²) < 4.78 is 9.90. The fourth-order valence-electron chi connectivity index (χ4n) is 1.85. The van der Waals surface area contributed by atoms with Crippen molar-refractivity contribution in [1.82, 2.24) is 0 Å². The van der Waals surface area contributed by atoms with Gasteiger partial charge in [-0.25, -0.2) is 4.79 Å². The first-order chi connectivity index (χ1) is 12.0. The van der Waals surface area contributed by atoms with Crippen LogP contribution in [0.3, 0.4) is 0 Å². The summed E-state index contributed by atoms with van der Waals surface area (Å²) in [4.78, 5) is 23.4. The van der Waals surface area contributed by atoms with Gasteiger partial charge in [0.05, 0.1) is 7.11 Å². The molecule has 7 heteroatoms. The van der Waals surface area contributed by atoms with E-state index in [0.29, 0.717) is 27.0 Å². The minimum atomic E-state index is -0.657. The molecule has 0 fully saturated rings. The molecule has 0 aliphatic rings.